The van der Waals surface area contributed by atoms with Crippen molar-refractivity contribution in [1.82, 2.24) is 25.4 Å². The quantitative estimate of drug-likeness (QED) is 0.695. The molecular weight excluding hydrogens is 374 g/mol. The molecule has 0 saturated carbocycles. The summed E-state index contributed by atoms with van der Waals surface area (Å²) in [6.07, 6.45) is 6.64. The molecule has 3 aromatic heterocycles. The first-order valence-electron chi connectivity index (χ1n) is 8.25. The lowest BCUT2D eigenvalue weighted by atomic mass is 9.87. The van der Waals surface area contributed by atoms with Gasteiger partial charge < -0.3 is 15.1 Å². The number of carbonyl (C=O) groups is 1. The van der Waals surface area contributed by atoms with Gasteiger partial charge in [0.1, 0.15) is 5.54 Å². The van der Waals surface area contributed by atoms with Crippen LogP contribution < -0.4 is 10.6 Å². The largest absolute Gasteiger partial charge is 0.462 e. The highest BCUT2D eigenvalue weighted by molar-refractivity contribution is 7.13. The second-order valence-electron chi connectivity index (χ2n) is 6.04. The minimum Gasteiger partial charge on any atom is -0.462 e. The van der Waals surface area contributed by atoms with Crippen LogP contribution in [-0.4, -0.2) is 33.8 Å². The fourth-order valence-corrected chi connectivity index (χ4v) is 3.95. The lowest BCUT2D eigenvalue weighted by Crippen LogP contribution is -2.54. The summed E-state index contributed by atoms with van der Waals surface area (Å²) in [6.45, 7) is 1.99. The van der Waals surface area contributed by atoms with E-state index in [0.29, 0.717) is 6.54 Å². The van der Waals surface area contributed by atoms with E-state index in [4.69, 9.17) is 4.42 Å². The number of amides is 1. The molecule has 1 aliphatic heterocycles. The minimum absolute atomic E-state index is 0. The molecule has 0 bridgehead atoms. The fourth-order valence-electron chi connectivity index (χ4n) is 3.16. The molecule has 4 heterocycles. The Hall–Kier alpha value is -2.16. The second-order valence-corrected chi connectivity index (χ2v) is 6.89. The SMILES string of the molecule is Cl.O=C(NCc1csc(-c2ccco2)n1)C1(n2cccn2)CCNCC1. The number of carbonyl (C=O) groups excluding carboxylic acids is 1. The van der Waals surface area contributed by atoms with E-state index in [2.05, 4.69) is 20.7 Å². The molecule has 138 valence electrons. The van der Waals surface area contributed by atoms with Crippen molar-refractivity contribution < 1.29 is 9.21 Å². The molecule has 3 aromatic rings. The molecule has 0 unspecified atom stereocenters. The van der Waals surface area contributed by atoms with Gasteiger partial charge in [0.15, 0.2) is 10.8 Å². The third kappa shape index (κ3) is 3.53. The van der Waals surface area contributed by atoms with Crippen molar-refractivity contribution in [2.75, 3.05) is 13.1 Å². The third-order valence-electron chi connectivity index (χ3n) is 4.51. The molecule has 1 saturated heterocycles. The zero-order valence-electron chi connectivity index (χ0n) is 14.1. The molecule has 1 amide bonds. The molecule has 0 aromatic carbocycles. The molecule has 7 nitrogen and oxygen atoms in total. The second kappa shape index (κ2) is 8.03. The molecule has 0 aliphatic carbocycles. The van der Waals surface area contributed by atoms with E-state index >= 15 is 0 Å². The van der Waals surface area contributed by atoms with E-state index in [-0.39, 0.29) is 18.3 Å². The number of nitrogens with zero attached hydrogens (tertiary/aromatic N) is 3. The van der Waals surface area contributed by atoms with E-state index < -0.39 is 5.54 Å². The van der Waals surface area contributed by atoms with Crippen LogP contribution in [0.5, 0.6) is 0 Å². The van der Waals surface area contributed by atoms with Crippen LogP contribution in [0.3, 0.4) is 0 Å². The highest BCUT2D eigenvalue weighted by Crippen LogP contribution is 2.28. The Morgan fingerprint density at radius 2 is 2.23 bits per heavy atom. The van der Waals surface area contributed by atoms with E-state index in [1.165, 1.54) is 11.3 Å². The highest BCUT2D eigenvalue weighted by atomic mass is 35.5. The number of halogens is 1. The van der Waals surface area contributed by atoms with Gasteiger partial charge in [-0.3, -0.25) is 9.48 Å². The first kappa shape index (κ1) is 18.6. The van der Waals surface area contributed by atoms with Gasteiger partial charge in [0.25, 0.3) is 0 Å². The minimum atomic E-state index is -0.630. The predicted molar refractivity (Wildman–Crippen MR) is 101 cm³/mol. The van der Waals surface area contributed by atoms with Crippen molar-refractivity contribution in [3.8, 4) is 10.8 Å². The van der Waals surface area contributed by atoms with Gasteiger partial charge in [-0.05, 0) is 44.1 Å². The van der Waals surface area contributed by atoms with E-state index in [1.54, 1.807) is 17.1 Å². The van der Waals surface area contributed by atoms with Crippen LogP contribution in [-0.2, 0) is 16.9 Å². The zero-order valence-corrected chi connectivity index (χ0v) is 15.7. The molecule has 9 heteroatoms. The molecular formula is C17H20ClN5O2S. The maximum atomic E-state index is 13.0. The molecule has 0 radical (unpaired) electrons. The lowest BCUT2D eigenvalue weighted by Gasteiger charge is -2.36. The summed E-state index contributed by atoms with van der Waals surface area (Å²) < 4.78 is 7.15. The normalized spacial score (nSPS) is 16.0. The topological polar surface area (TPSA) is 85.0 Å². The van der Waals surface area contributed by atoms with Gasteiger partial charge >= 0.3 is 0 Å². The van der Waals surface area contributed by atoms with Gasteiger partial charge in [0.2, 0.25) is 5.91 Å². The maximum absolute atomic E-state index is 13.0. The Morgan fingerprint density at radius 1 is 1.38 bits per heavy atom. The van der Waals surface area contributed by atoms with E-state index in [0.717, 1.165) is 42.4 Å². The van der Waals surface area contributed by atoms with Gasteiger partial charge in [0.05, 0.1) is 18.5 Å². The van der Waals surface area contributed by atoms with Crippen LogP contribution in [0.25, 0.3) is 10.8 Å². The number of nitrogens with one attached hydrogen (secondary N) is 2. The number of furan rings is 1. The third-order valence-corrected chi connectivity index (χ3v) is 5.42. The zero-order chi connectivity index (χ0) is 17.1. The first-order valence-corrected chi connectivity index (χ1v) is 9.13. The smallest absolute Gasteiger partial charge is 0.248 e. The molecule has 0 spiro atoms. The summed E-state index contributed by atoms with van der Waals surface area (Å²) in [4.78, 5) is 17.5. The van der Waals surface area contributed by atoms with Gasteiger partial charge in [0, 0.05) is 17.8 Å². The summed E-state index contributed by atoms with van der Waals surface area (Å²) in [6, 6.07) is 5.57. The Morgan fingerprint density at radius 3 is 2.92 bits per heavy atom. The van der Waals surface area contributed by atoms with Gasteiger partial charge in [-0.1, -0.05) is 0 Å². The van der Waals surface area contributed by atoms with Gasteiger partial charge in [-0.25, -0.2) is 4.98 Å². The number of piperidine rings is 1. The van der Waals surface area contributed by atoms with E-state index in [1.807, 2.05) is 29.8 Å². The van der Waals surface area contributed by atoms with E-state index in [9.17, 15) is 4.79 Å². The Kier molecular flexibility index (Phi) is 5.75. The van der Waals surface area contributed by atoms with Crippen LogP contribution in [0.1, 0.15) is 18.5 Å². The number of hydrogen-bond donors (Lipinski definition) is 2. The highest BCUT2D eigenvalue weighted by Gasteiger charge is 2.41. The molecule has 1 aliphatic rings. The monoisotopic (exact) mass is 393 g/mol. The predicted octanol–water partition coefficient (Wildman–Crippen LogP) is 2.42. The molecule has 26 heavy (non-hydrogen) atoms. The van der Waals surface area contributed by atoms with Crippen molar-refractivity contribution >= 4 is 29.7 Å². The average Bonchev–Trinajstić information content (AvgIpc) is 3.42. The van der Waals surface area contributed by atoms with Crippen molar-refractivity contribution in [2.24, 2.45) is 0 Å². The lowest BCUT2D eigenvalue weighted by molar-refractivity contribution is -0.132. The Bertz CT molecular complexity index is 825. The van der Waals surface area contributed by atoms with Gasteiger partial charge in [-0.2, -0.15) is 5.10 Å². The Balaban J connectivity index is 0.00000196. The summed E-state index contributed by atoms with van der Waals surface area (Å²) in [7, 11) is 0. The van der Waals surface area contributed by atoms with Crippen LogP contribution >= 0.6 is 23.7 Å². The fraction of sp³-hybridized carbons (Fsp3) is 0.353. The standard InChI is InChI=1S/C17H19N5O2S.ClH/c23-16(17(4-7-18-8-5-17)22-9-2-6-20-22)19-11-13-12-25-15(21-13)14-3-1-10-24-14;/h1-3,6,9-10,12,18H,4-5,7-8,11H2,(H,19,23);1H. The summed E-state index contributed by atoms with van der Waals surface area (Å²) in [5.41, 5.74) is 0.198. The first-order chi connectivity index (χ1) is 12.3. The summed E-state index contributed by atoms with van der Waals surface area (Å²) in [5.74, 6) is 0.735. The Labute approximate surface area is 161 Å². The number of aromatic nitrogens is 3. The van der Waals surface area contributed by atoms with Crippen molar-refractivity contribution in [3.05, 3.63) is 47.9 Å². The van der Waals surface area contributed by atoms with Crippen molar-refractivity contribution in [1.29, 1.82) is 0 Å². The molecule has 4 rings (SSSR count). The van der Waals surface area contributed by atoms with Crippen LogP contribution in [0.4, 0.5) is 0 Å². The molecule has 1 fully saturated rings. The van der Waals surface area contributed by atoms with Crippen molar-refractivity contribution in [3.63, 3.8) is 0 Å². The number of hydrogen-bond acceptors (Lipinski definition) is 6. The van der Waals surface area contributed by atoms with Crippen molar-refractivity contribution in [2.45, 2.75) is 24.9 Å². The van der Waals surface area contributed by atoms with Crippen LogP contribution in [0.15, 0.2) is 46.7 Å². The maximum Gasteiger partial charge on any atom is 0.248 e. The molecule has 2 N–H and O–H groups in total. The summed E-state index contributed by atoms with van der Waals surface area (Å²) >= 11 is 1.51. The van der Waals surface area contributed by atoms with Crippen LogP contribution in [0.2, 0.25) is 0 Å². The average molecular weight is 394 g/mol. The molecule has 0 atom stereocenters. The van der Waals surface area contributed by atoms with Crippen LogP contribution in [0, 0.1) is 0 Å². The number of thiazole rings is 1. The van der Waals surface area contributed by atoms with Gasteiger partial charge in [-0.15, -0.1) is 23.7 Å². The number of rotatable bonds is 5. The summed E-state index contributed by atoms with van der Waals surface area (Å²) in [5, 5.41) is 13.4.